The zero-order valence-corrected chi connectivity index (χ0v) is 10.8. The van der Waals surface area contributed by atoms with Crippen LogP contribution in [0.1, 0.15) is 11.1 Å². The Morgan fingerprint density at radius 1 is 1.00 bits per heavy atom. The lowest BCUT2D eigenvalue weighted by atomic mass is 10.1. The topological polar surface area (TPSA) is 12.0 Å². The first-order chi connectivity index (χ1) is 7.77. The van der Waals surface area contributed by atoms with Crippen LogP contribution in [0.25, 0.3) is 0 Å². The van der Waals surface area contributed by atoms with Crippen LogP contribution in [0.3, 0.4) is 0 Å². The minimum Gasteiger partial charge on any atom is -0.380 e. The van der Waals surface area contributed by atoms with Gasteiger partial charge in [-0.1, -0.05) is 36.4 Å². The second-order valence-corrected chi connectivity index (χ2v) is 4.61. The van der Waals surface area contributed by atoms with Gasteiger partial charge in [-0.3, -0.25) is 0 Å². The van der Waals surface area contributed by atoms with Gasteiger partial charge in [-0.25, -0.2) is 0 Å². The number of aryl methyl sites for hydroxylation is 1. The van der Waals surface area contributed by atoms with E-state index in [2.05, 4.69) is 58.5 Å². The van der Waals surface area contributed by atoms with Crippen molar-refractivity contribution in [2.45, 2.75) is 13.5 Å². The Kier molecular flexibility index (Phi) is 3.62. The van der Waals surface area contributed by atoms with E-state index < -0.39 is 0 Å². The van der Waals surface area contributed by atoms with E-state index in [4.69, 9.17) is 0 Å². The van der Waals surface area contributed by atoms with E-state index in [0.717, 1.165) is 16.7 Å². The number of benzene rings is 2. The van der Waals surface area contributed by atoms with Gasteiger partial charge in [0.15, 0.2) is 0 Å². The Bertz CT molecular complexity index is 434. The number of rotatable bonds is 3. The maximum absolute atomic E-state index is 3.53. The fourth-order valence-electron chi connectivity index (χ4n) is 1.60. The van der Waals surface area contributed by atoms with Crippen molar-refractivity contribution in [2.75, 3.05) is 5.32 Å². The van der Waals surface area contributed by atoms with Crippen LogP contribution in [-0.2, 0) is 6.54 Å². The normalized spacial score (nSPS) is 10.1. The maximum Gasteiger partial charge on any atom is 0.0487 e. The SMILES string of the molecule is Cc1ccccc1CNc1ccccc1Br. The lowest BCUT2D eigenvalue weighted by molar-refractivity contribution is 1.12. The first kappa shape index (κ1) is 11.2. The molecule has 1 N–H and O–H groups in total. The predicted octanol–water partition coefficient (Wildman–Crippen LogP) is 4.37. The average molecular weight is 276 g/mol. The third-order valence-corrected chi connectivity index (χ3v) is 3.30. The van der Waals surface area contributed by atoms with Crippen molar-refractivity contribution < 1.29 is 0 Å². The molecule has 2 rings (SSSR count). The highest BCUT2D eigenvalue weighted by Crippen LogP contribution is 2.22. The zero-order chi connectivity index (χ0) is 11.4. The number of halogens is 1. The molecule has 0 heterocycles. The van der Waals surface area contributed by atoms with E-state index in [0.29, 0.717) is 0 Å². The van der Waals surface area contributed by atoms with Gasteiger partial charge >= 0.3 is 0 Å². The molecule has 0 aliphatic rings. The summed E-state index contributed by atoms with van der Waals surface area (Å²) in [5, 5.41) is 3.42. The van der Waals surface area contributed by atoms with E-state index in [1.165, 1.54) is 11.1 Å². The summed E-state index contributed by atoms with van der Waals surface area (Å²) in [5.74, 6) is 0. The molecule has 0 radical (unpaired) electrons. The minimum absolute atomic E-state index is 0.856. The largest absolute Gasteiger partial charge is 0.380 e. The second kappa shape index (κ2) is 5.17. The van der Waals surface area contributed by atoms with Crippen LogP contribution in [-0.4, -0.2) is 0 Å². The van der Waals surface area contributed by atoms with Crippen molar-refractivity contribution in [3.8, 4) is 0 Å². The lowest BCUT2D eigenvalue weighted by Gasteiger charge is -2.10. The highest BCUT2D eigenvalue weighted by Gasteiger charge is 1.99. The Balaban J connectivity index is 2.09. The van der Waals surface area contributed by atoms with Crippen molar-refractivity contribution in [1.29, 1.82) is 0 Å². The molecule has 2 aromatic carbocycles. The Morgan fingerprint density at radius 3 is 2.44 bits per heavy atom. The molecule has 0 unspecified atom stereocenters. The summed E-state index contributed by atoms with van der Waals surface area (Å²) in [6.07, 6.45) is 0. The molecule has 2 aromatic rings. The highest BCUT2D eigenvalue weighted by molar-refractivity contribution is 9.10. The summed E-state index contributed by atoms with van der Waals surface area (Å²) < 4.78 is 1.10. The molecule has 0 aliphatic carbocycles. The molecular weight excluding hydrogens is 262 g/mol. The molecule has 0 saturated heterocycles. The van der Waals surface area contributed by atoms with Crippen LogP contribution in [0.2, 0.25) is 0 Å². The first-order valence-electron chi connectivity index (χ1n) is 5.30. The number of hydrogen-bond donors (Lipinski definition) is 1. The summed E-state index contributed by atoms with van der Waals surface area (Å²) in [7, 11) is 0. The molecule has 1 nitrogen and oxygen atoms in total. The quantitative estimate of drug-likeness (QED) is 0.877. The van der Waals surface area contributed by atoms with Gasteiger partial charge in [0.1, 0.15) is 0 Å². The van der Waals surface area contributed by atoms with Crippen LogP contribution in [0.15, 0.2) is 53.0 Å². The number of nitrogens with one attached hydrogen (secondary N) is 1. The molecule has 0 bridgehead atoms. The molecule has 82 valence electrons. The Hall–Kier alpha value is -1.28. The molecule has 0 aromatic heterocycles. The molecule has 0 spiro atoms. The third kappa shape index (κ3) is 2.64. The standard InChI is InChI=1S/C14H14BrN/c1-11-6-2-3-7-12(11)10-16-14-9-5-4-8-13(14)15/h2-9,16H,10H2,1H3. The molecule has 0 saturated carbocycles. The second-order valence-electron chi connectivity index (χ2n) is 3.76. The van der Waals surface area contributed by atoms with Crippen LogP contribution in [0.4, 0.5) is 5.69 Å². The van der Waals surface area contributed by atoms with Crippen LogP contribution < -0.4 is 5.32 Å². The van der Waals surface area contributed by atoms with Gasteiger partial charge in [-0.2, -0.15) is 0 Å². The van der Waals surface area contributed by atoms with Gasteiger partial charge in [-0.05, 0) is 46.1 Å². The summed E-state index contributed by atoms with van der Waals surface area (Å²) in [4.78, 5) is 0. The molecule has 0 aliphatic heterocycles. The molecular formula is C14H14BrN. The molecule has 2 heteroatoms. The highest BCUT2D eigenvalue weighted by atomic mass is 79.9. The first-order valence-corrected chi connectivity index (χ1v) is 6.09. The number of para-hydroxylation sites is 1. The molecule has 0 fully saturated rings. The minimum atomic E-state index is 0.856. The zero-order valence-electron chi connectivity index (χ0n) is 9.20. The van der Waals surface area contributed by atoms with Gasteiger partial charge in [-0.15, -0.1) is 0 Å². The smallest absolute Gasteiger partial charge is 0.0487 e. The van der Waals surface area contributed by atoms with Crippen molar-refractivity contribution in [1.82, 2.24) is 0 Å². The predicted molar refractivity (Wildman–Crippen MR) is 72.6 cm³/mol. The Labute approximate surface area is 105 Å². The molecule has 0 amide bonds. The van der Waals surface area contributed by atoms with E-state index in [1.54, 1.807) is 0 Å². The van der Waals surface area contributed by atoms with Crippen molar-refractivity contribution in [2.24, 2.45) is 0 Å². The van der Waals surface area contributed by atoms with Crippen molar-refractivity contribution >= 4 is 21.6 Å². The average Bonchev–Trinajstić information content (AvgIpc) is 2.30. The van der Waals surface area contributed by atoms with Crippen molar-refractivity contribution in [3.63, 3.8) is 0 Å². The fourth-order valence-corrected chi connectivity index (χ4v) is 2.03. The van der Waals surface area contributed by atoms with Gasteiger partial charge in [0.2, 0.25) is 0 Å². The molecule has 0 atom stereocenters. The monoisotopic (exact) mass is 275 g/mol. The van der Waals surface area contributed by atoms with E-state index >= 15 is 0 Å². The van der Waals surface area contributed by atoms with Crippen molar-refractivity contribution in [3.05, 3.63) is 64.1 Å². The van der Waals surface area contributed by atoms with Crippen LogP contribution in [0.5, 0.6) is 0 Å². The summed E-state index contributed by atoms with van der Waals surface area (Å²) in [5.41, 5.74) is 3.78. The summed E-state index contributed by atoms with van der Waals surface area (Å²) in [6.45, 7) is 2.99. The van der Waals surface area contributed by atoms with Gasteiger partial charge in [0, 0.05) is 16.7 Å². The van der Waals surface area contributed by atoms with E-state index in [1.807, 2.05) is 18.2 Å². The third-order valence-electron chi connectivity index (χ3n) is 2.60. The fraction of sp³-hybridized carbons (Fsp3) is 0.143. The van der Waals surface area contributed by atoms with E-state index in [-0.39, 0.29) is 0 Å². The number of hydrogen-bond acceptors (Lipinski definition) is 1. The Morgan fingerprint density at radius 2 is 1.69 bits per heavy atom. The summed E-state index contributed by atoms with van der Waals surface area (Å²) in [6, 6.07) is 16.6. The van der Waals surface area contributed by atoms with Crippen LogP contribution in [0, 0.1) is 6.92 Å². The number of anilines is 1. The van der Waals surface area contributed by atoms with Gasteiger partial charge in [0.25, 0.3) is 0 Å². The maximum atomic E-state index is 3.53. The molecule has 16 heavy (non-hydrogen) atoms. The lowest BCUT2D eigenvalue weighted by Crippen LogP contribution is -2.01. The van der Waals surface area contributed by atoms with Gasteiger partial charge in [0.05, 0.1) is 0 Å². The van der Waals surface area contributed by atoms with E-state index in [9.17, 15) is 0 Å². The summed E-state index contributed by atoms with van der Waals surface area (Å²) >= 11 is 3.53. The van der Waals surface area contributed by atoms with Crippen LogP contribution >= 0.6 is 15.9 Å². The van der Waals surface area contributed by atoms with Gasteiger partial charge < -0.3 is 5.32 Å².